The number of alkyl halides is 3. The van der Waals surface area contributed by atoms with Gasteiger partial charge in [-0.1, -0.05) is 0 Å². The van der Waals surface area contributed by atoms with Gasteiger partial charge in [0.15, 0.2) is 0 Å². The van der Waals surface area contributed by atoms with Crippen molar-refractivity contribution in [2.75, 3.05) is 26.2 Å². The highest BCUT2D eigenvalue weighted by Gasteiger charge is 2.30. The Morgan fingerprint density at radius 1 is 0.957 bits per heavy atom. The van der Waals surface area contributed by atoms with E-state index >= 15 is 0 Å². The Kier molecular flexibility index (Phi) is 9.30. The normalized spacial score (nSPS) is 17.7. The number of piperidine rings is 1. The fourth-order valence-electron chi connectivity index (χ4n) is 6.17. The molecule has 0 saturated carbocycles. The summed E-state index contributed by atoms with van der Waals surface area (Å²) in [5.74, 6) is 0.899. The van der Waals surface area contributed by atoms with E-state index in [1.807, 2.05) is 34.8 Å². The quantitative estimate of drug-likeness (QED) is 0.226. The van der Waals surface area contributed by atoms with Gasteiger partial charge in [0.25, 0.3) is 11.8 Å². The van der Waals surface area contributed by atoms with Crippen molar-refractivity contribution in [2.24, 2.45) is 5.92 Å². The van der Waals surface area contributed by atoms with Gasteiger partial charge in [-0.3, -0.25) is 14.3 Å². The van der Waals surface area contributed by atoms with Gasteiger partial charge in [-0.05, 0) is 111 Å². The zero-order valence-corrected chi connectivity index (χ0v) is 25.7. The summed E-state index contributed by atoms with van der Waals surface area (Å²) >= 11 is 0. The molecule has 2 aliphatic rings. The third kappa shape index (κ3) is 7.36. The Balaban J connectivity index is 1.00. The molecule has 2 amide bonds. The zero-order valence-electron chi connectivity index (χ0n) is 25.7. The summed E-state index contributed by atoms with van der Waals surface area (Å²) in [6, 6.07) is 14.8. The highest BCUT2D eigenvalue weighted by molar-refractivity contribution is 6.00. The molecule has 0 aliphatic carbocycles. The van der Waals surface area contributed by atoms with Crippen LogP contribution < -0.4 is 10.1 Å². The highest BCUT2D eigenvalue weighted by Crippen LogP contribution is 2.32. The van der Waals surface area contributed by atoms with Gasteiger partial charge in [-0.2, -0.15) is 18.3 Å². The van der Waals surface area contributed by atoms with E-state index in [0.29, 0.717) is 42.4 Å². The van der Waals surface area contributed by atoms with E-state index in [-0.39, 0.29) is 23.7 Å². The van der Waals surface area contributed by atoms with Crippen LogP contribution in [-0.4, -0.2) is 58.8 Å². The van der Waals surface area contributed by atoms with Gasteiger partial charge in [0.05, 0.1) is 17.2 Å². The molecule has 46 heavy (non-hydrogen) atoms. The van der Waals surface area contributed by atoms with Gasteiger partial charge >= 0.3 is 6.18 Å². The average molecular weight is 635 g/mol. The molecule has 3 aromatic carbocycles. The van der Waals surface area contributed by atoms with E-state index in [2.05, 4.69) is 5.32 Å². The Hall–Kier alpha value is -4.38. The summed E-state index contributed by atoms with van der Waals surface area (Å²) in [6.45, 7) is 5.21. The summed E-state index contributed by atoms with van der Waals surface area (Å²) in [6.07, 6.45) is 2.54. The zero-order chi connectivity index (χ0) is 32.3. The number of benzene rings is 3. The SMILES string of the molecule is Cc1c(C(=O)NCC2CCCCO2)ccc2nn(CC3CCN(C(=O)c4ccc(Oc5ccc(C(F)(F)F)cc5)cc4)CC3)cc12. The van der Waals surface area contributed by atoms with E-state index in [1.165, 1.54) is 12.1 Å². The van der Waals surface area contributed by atoms with Gasteiger partial charge in [0.2, 0.25) is 0 Å². The van der Waals surface area contributed by atoms with E-state index in [4.69, 9.17) is 14.6 Å². The van der Waals surface area contributed by atoms with E-state index < -0.39 is 11.7 Å². The van der Waals surface area contributed by atoms with Crippen LogP contribution in [-0.2, 0) is 17.5 Å². The second kappa shape index (κ2) is 13.5. The van der Waals surface area contributed by atoms with E-state index in [9.17, 15) is 22.8 Å². The minimum Gasteiger partial charge on any atom is -0.457 e. The van der Waals surface area contributed by atoms with Crippen LogP contribution in [0.1, 0.15) is 63.9 Å². The highest BCUT2D eigenvalue weighted by atomic mass is 19.4. The maximum Gasteiger partial charge on any atom is 0.416 e. The smallest absolute Gasteiger partial charge is 0.416 e. The molecule has 0 radical (unpaired) electrons. The van der Waals surface area contributed by atoms with Crippen LogP contribution in [0, 0.1) is 12.8 Å². The Bertz CT molecular complexity index is 1670. The number of aryl methyl sites for hydroxylation is 1. The number of amides is 2. The summed E-state index contributed by atoms with van der Waals surface area (Å²) in [5.41, 5.74) is 2.19. The molecule has 2 aliphatic heterocycles. The number of carbonyl (C=O) groups excluding carboxylic acids is 2. The van der Waals surface area contributed by atoms with Gasteiger partial charge in [0, 0.05) is 55.5 Å². The lowest BCUT2D eigenvalue weighted by molar-refractivity contribution is -0.137. The first-order valence-corrected chi connectivity index (χ1v) is 15.7. The van der Waals surface area contributed by atoms with Crippen molar-refractivity contribution >= 4 is 22.7 Å². The number of nitrogens with zero attached hydrogens (tertiary/aromatic N) is 3. The number of hydrogen-bond acceptors (Lipinski definition) is 5. The second-order valence-electron chi connectivity index (χ2n) is 12.1. The number of aromatic nitrogens is 2. The predicted octanol–water partition coefficient (Wildman–Crippen LogP) is 7.01. The van der Waals surface area contributed by atoms with Crippen molar-refractivity contribution in [2.45, 2.75) is 57.9 Å². The van der Waals surface area contributed by atoms with Crippen LogP contribution in [0.15, 0.2) is 66.9 Å². The molecule has 11 heteroatoms. The van der Waals surface area contributed by atoms with E-state index in [1.54, 1.807) is 24.3 Å². The molecule has 6 rings (SSSR count). The molecular formula is C35H37F3N4O4. The van der Waals surface area contributed by atoms with Crippen molar-refractivity contribution in [3.8, 4) is 11.5 Å². The van der Waals surface area contributed by atoms with Crippen LogP contribution in [0.4, 0.5) is 13.2 Å². The molecule has 4 aromatic rings. The third-order valence-electron chi connectivity index (χ3n) is 8.88. The molecular weight excluding hydrogens is 597 g/mol. The van der Waals surface area contributed by atoms with Gasteiger partial charge < -0.3 is 19.7 Å². The second-order valence-corrected chi connectivity index (χ2v) is 12.1. The molecule has 1 N–H and O–H groups in total. The van der Waals surface area contributed by atoms with Gasteiger partial charge in [0.1, 0.15) is 11.5 Å². The van der Waals surface area contributed by atoms with Crippen molar-refractivity contribution in [1.29, 1.82) is 0 Å². The Labute approximate surface area is 265 Å². The van der Waals surface area contributed by atoms with Crippen LogP contribution >= 0.6 is 0 Å². The number of ether oxygens (including phenoxy) is 2. The molecule has 8 nitrogen and oxygen atoms in total. The predicted molar refractivity (Wildman–Crippen MR) is 167 cm³/mol. The van der Waals surface area contributed by atoms with Crippen molar-refractivity contribution in [1.82, 2.24) is 20.0 Å². The first-order valence-electron chi connectivity index (χ1n) is 15.7. The topological polar surface area (TPSA) is 85.7 Å². The third-order valence-corrected chi connectivity index (χ3v) is 8.88. The first kappa shape index (κ1) is 31.6. The number of nitrogens with one attached hydrogen (secondary N) is 1. The van der Waals surface area contributed by atoms with Crippen molar-refractivity contribution < 1.29 is 32.2 Å². The summed E-state index contributed by atoms with van der Waals surface area (Å²) in [5, 5.41) is 8.75. The maximum atomic E-state index is 13.2. The lowest BCUT2D eigenvalue weighted by Gasteiger charge is -2.32. The lowest BCUT2D eigenvalue weighted by atomic mass is 9.96. The van der Waals surface area contributed by atoms with Gasteiger partial charge in [-0.25, -0.2) is 0 Å². The molecule has 2 fully saturated rings. The molecule has 3 heterocycles. The molecule has 2 saturated heterocycles. The number of rotatable bonds is 8. The summed E-state index contributed by atoms with van der Waals surface area (Å²) in [4.78, 5) is 27.9. The first-order chi connectivity index (χ1) is 22.1. The van der Waals surface area contributed by atoms with Crippen LogP contribution in [0.25, 0.3) is 10.9 Å². The van der Waals surface area contributed by atoms with Gasteiger partial charge in [-0.15, -0.1) is 0 Å². The monoisotopic (exact) mass is 634 g/mol. The number of fused-ring (bicyclic) bond motifs is 1. The number of likely N-dealkylation sites (tertiary alicyclic amines) is 1. The summed E-state index contributed by atoms with van der Waals surface area (Å²) in [7, 11) is 0. The molecule has 1 unspecified atom stereocenters. The number of carbonyl (C=O) groups is 2. The fraction of sp³-hybridized carbons (Fsp3) is 0.400. The fourth-order valence-corrected chi connectivity index (χ4v) is 6.17. The van der Waals surface area contributed by atoms with Crippen molar-refractivity contribution in [3.63, 3.8) is 0 Å². The largest absolute Gasteiger partial charge is 0.457 e. The maximum absolute atomic E-state index is 13.2. The average Bonchev–Trinajstić information content (AvgIpc) is 3.48. The molecule has 0 spiro atoms. The molecule has 242 valence electrons. The Morgan fingerprint density at radius 3 is 2.30 bits per heavy atom. The van der Waals surface area contributed by atoms with E-state index in [0.717, 1.165) is 73.9 Å². The number of hydrogen-bond donors (Lipinski definition) is 1. The molecule has 0 bridgehead atoms. The minimum absolute atomic E-state index is 0.0687. The lowest BCUT2D eigenvalue weighted by Crippen LogP contribution is -2.39. The van der Waals surface area contributed by atoms with Crippen molar-refractivity contribution in [3.05, 3.63) is 89.1 Å². The number of halogens is 3. The molecule has 1 aromatic heterocycles. The van der Waals surface area contributed by atoms with Crippen LogP contribution in [0.5, 0.6) is 11.5 Å². The summed E-state index contributed by atoms with van der Waals surface area (Å²) < 4.78 is 51.7. The standard InChI is InChI=1S/C35H37F3N4O4/c1-23-30(33(43)39-20-29-4-2-3-19-45-29)13-14-32-31(23)22-42(40-32)21-24-15-17-41(18-16-24)34(44)25-5-9-27(10-6-25)46-28-11-7-26(8-12-28)35(36,37)38/h5-14,22,24,29H,2-4,15-21H2,1H3,(H,39,43). The van der Waals surface area contributed by atoms with Crippen LogP contribution in [0.2, 0.25) is 0 Å². The van der Waals surface area contributed by atoms with Crippen LogP contribution in [0.3, 0.4) is 0 Å². The molecule has 1 atom stereocenters. The Morgan fingerprint density at radius 2 is 1.65 bits per heavy atom. The minimum atomic E-state index is -4.41.